The van der Waals surface area contributed by atoms with E-state index in [1.165, 1.54) is 22.3 Å². The number of benzene rings is 3. The first kappa shape index (κ1) is 19.4. The van der Waals surface area contributed by atoms with Crippen LogP contribution in [0.3, 0.4) is 0 Å². The quantitative estimate of drug-likeness (QED) is 0.351. The standard InChI is InChI=1S/C25H23N3O2/c26-23-13-12-17(15-24(23)27)7-5-6-14-28-25(29)30-16-22-20-10-3-1-8-18(20)19-9-2-4-11-21(19)22/h1-4,8-13,15,22H,6,14,16,26-27H2,(H,28,29). The minimum atomic E-state index is -0.435. The summed E-state index contributed by atoms with van der Waals surface area (Å²) in [4.78, 5) is 12.1. The number of nitrogens with two attached hydrogens (primary N) is 2. The van der Waals surface area contributed by atoms with Crippen molar-refractivity contribution in [3.05, 3.63) is 83.4 Å². The van der Waals surface area contributed by atoms with Gasteiger partial charge in [-0.2, -0.15) is 0 Å². The third kappa shape index (κ3) is 4.08. The van der Waals surface area contributed by atoms with Gasteiger partial charge in [-0.1, -0.05) is 60.4 Å². The van der Waals surface area contributed by atoms with Gasteiger partial charge in [0.25, 0.3) is 0 Å². The minimum absolute atomic E-state index is 0.0546. The van der Waals surface area contributed by atoms with E-state index in [0.717, 1.165) is 5.56 Å². The molecule has 0 fully saturated rings. The molecule has 1 aliphatic rings. The van der Waals surface area contributed by atoms with Crippen molar-refractivity contribution in [2.45, 2.75) is 12.3 Å². The molecular weight excluding hydrogens is 374 g/mol. The Morgan fingerprint density at radius 2 is 1.60 bits per heavy atom. The van der Waals surface area contributed by atoms with Gasteiger partial charge in [0.1, 0.15) is 6.61 Å². The number of amides is 1. The first-order chi connectivity index (χ1) is 14.6. The summed E-state index contributed by atoms with van der Waals surface area (Å²) < 4.78 is 5.50. The summed E-state index contributed by atoms with van der Waals surface area (Å²) in [7, 11) is 0. The maximum absolute atomic E-state index is 12.1. The number of hydrogen-bond donors (Lipinski definition) is 3. The summed E-state index contributed by atoms with van der Waals surface area (Å²) in [5, 5.41) is 2.75. The van der Waals surface area contributed by atoms with Crippen LogP contribution in [0.2, 0.25) is 0 Å². The molecule has 3 aromatic carbocycles. The van der Waals surface area contributed by atoms with Gasteiger partial charge in [-0.15, -0.1) is 0 Å². The Bertz CT molecular complexity index is 1100. The van der Waals surface area contributed by atoms with E-state index in [9.17, 15) is 4.79 Å². The van der Waals surface area contributed by atoms with E-state index in [1.807, 2.05) is 30.3 Å². The van der Waals surface area contributed by atoms with Crippen LogP contribution in [-0.2, 0) is 4.74 Å². The van der Waals surface area contributed by atoms with Gasteiger partial charge in [-0.25, -0.2) is 4.79 Å². The molecule has 5 heteroatoms. The normalized spacial score (nSPS) is 11.7. The van der Waals surface area contributed by atoms with Gasteiger partial charge in [0, 0.05) is 24.4 Å². The molecule has 0 aromatic heterocycles. The molecule has 0 radical (unpaired) electrons. The number of rotatable bonds is 4. The van der Waals surface area contributed by atoms with Gasteiger partial charge in [-0.3, -0.25) is 0 Å². The van der Waals surface area contributed by atoms with E-state index in [2.05, 4.69) is 41.4 Å². The number of carbonyl (C=O) groups excluding carboxylic acids is 1. The Labute approximate surface area is 176 Å². The van der Waals surface area contributed by atoms with Gasteiger partial charge in [0.2, 0.25) is 0 Å². The van der Waals surface area contributed by atoms with Gasteiger partial charge in [0.15, 0.2) is 0 Å². The smallest absolute Gasteiger partial charge is 0.407 e. The lowest BCUT2D eigenvalue weighted by Gasteiger charge is -2.14. The summed E-state index contributed by atoms with van der Waals surface area (Å²) >= 11 is 0. The molecule has 0 unspecified atom stereocenters. The largest absolute Gasteiger partial charge is 0.449 e. The van der Waals surface area contributed by atoms with Crippen molar-refractivity contribution in [2.75, 3.05) is 24.6 Å². The van der Waals surface area contributed by atoms with E-state index >= 15 is 0 Å². The number of nitrogens with one attached hydrogen (secondary N) is 1. The van der Waals surface area contributed by atoms with E-state index in [4.69, 9.17) is 16.2 Å². The molecule has 0 spiro atoms. The number of ether oxygens (including phenoxy) is 1. The molecule has 4 rings (SSSR count). The topological polar surface area (TPSA) is 90.4 Å². The van der Waals surface area contributed by atoms with Crippen LogP contribution in [0.1, 0.15) is 29.0 Å². The average Bonchev–Trinajstić information content (AvgIpc) is 3.08. The molecule has 5 N–H and O–H groups in total. The van der Waals surface area contributed by atoms with Crippen LogP contribution >= 0.6 is 0 Å². The Balaban J connectivity index is 1.29. The van der Waals surface area contributed by atoms with Crippen LogP contribution in [0.25, 0.3) is 11.1 Å². The van der Waals surface area contributed by atoms with Crippen molar-refractivity contribution < 1.29 is 9.53 Å². The highest BCUT2D eigenvalue weighted by Crippen LogP contribution is 2.44. The summed E-state index contributed by atoms with van der Waals surface area (Å²) in [5.74, 6) is 6.07. The molecule has 0 saturated carbocycles. The number of fused-ring (bicyclic) bond motifs is 3. The molecule has 150 valence electrons. The van der Waals surface area contributed by atoms with E-state index in [-0.39, 0.29) is 5.92 Å². The molecule has 5 nitrogen and oxygen atoms in total. The molecule has 0 heterocycles. The van der Waals surface area contributed by atoms with E-state index < -0.39 is 6.09 Å². The summed E-state index contributed by atoms with van der Waals surface area (Å²) in [5.41, 5.74) is 18.1. The average molecular weight is 397 g/mol. The second-order valence-corrected chi connectivity index (χ2v) is 7.15. The van der Waals surface area contributed by atoms with Crippen LogP contribution in [0.15, 0.2) is 66.7 Å². The Morgan fingerprint density at radius 1 is 0.933 bits per heavy atom. The Hall–Kier alpha value is -3.91. The molecule has 0 bridgehead atoms. The minimum Gasteiger partial charge on any atom is -0.449 e. The molecule has 0 atom stereocenters. The number of carbonyl (C=O) groups is 1. The highest BCUT2D eigenvalue weighted by molar-refractivity contribution is 5.79. The van der Waals surface area contributed by atoms with Crippen LogP contribution in [-0.4, -0.2) is 19.2 Å². The van der Waals surface area contributed by atoms with Crippen LogP contribution in [0, 0.1) is 11.8 Å². The first-order valence-corrected chi connectivity index (χ1v) is 9.86. The molecule has 30 heavy (non-hydrogen) atoms. The molecule has 3 aromatic rings. The third-order valence-corrected chi connectivity index (χ3v) is 5.18. The van der Waals surface area contributed by atoms with Gasteiger partial charge in [-0.05, 0) is 40.5 Å². The van der Waals surface area contributed by atoms with Crippen molar-refractivity contribution in [1.29, 1.82) is 0 Å². The molecule has 0 aliphatic heterocycles. The fourth-order valence-corrected chi connectivity index (χ4v) is 3.69. The zero-order chi connectivity index (χ0) is 20.9. The molecule has 1 amide bonds. The SMILES string of the molecule is Nc1ccc(C#CCCNC(=O)OCC2c3ccccc3-c3ccccc32)cc1N. The van der Waals surface area contributed by atoms with Gasteiger partial charge in [0.05, 0.1) is 11.4 Å². The fourth-order valence-electron chi connectivity index (χ4n) is 3.69. The number of anilines is 2. The number of hydrogen-bond acceptors (Lipinski definition) is 4. The zero-order valence-corrected chi connectivity index (χ0v) is 16.5. The van der Waals surface area contributed by atoms with Crippen molar-refractivity contribution in [3.63, 3.8) is 0 Å². The zero-order valence-electron chi connectivity index (χ0n) is 16.5. The van der Waals surface area contributed by atoms with Crippen molar-refractivity contribution in [3.8, 4) is 23.0 Å². The van der Waals surface area contributed by atoms with Crippen LogP contribution in [0.5, 0.6) is 0 Å². The lowest BCUT2D eigenvalue weighted by atomic mass is 9.98. The van der Waals surface area contributed by atoms with Gasteiger partial charge < -0.3 is 21.5 Å². The Kier molecular flexibility index (Phi) is 5.58. The lowest BCUT2D eigenvalue weighted by molar-refractivity contribution is 0.143. The van der Waals surface area contributed by atoms with E-state index in [0.29, 0.717) is 30.9 Å². The van der Waals surface area contributed by atoms with Crippen LogP contribution < -0.4 is 16.8 Å². The second kappa shape index (κ2) is 8.62. The summed E-state index contributed by atoms with van der Waals surface area (Å²) in [6, 6.07) is 21.8. The highest BCUT2D eigenvalue weighted by atomic mass is 16.5. The number of nitrogen functional groups attached to an aromatic ring is 2. The predicted octanol–water partition coefficient (Wildman–Crippen LogP) is 4.13. The first-order valence-electron chi connectivity index (χ1n) is 9.86. The van der Waals surface area contributed by atoms with Crippen molar-refractivity contribution in [2.24, 2.45) is 0 Å². The predicted molar refractivity (Wildman–Crippen MR) is 120 cm³/mol. The summed E-state index contributed by atoms with van der Waals surface area (Å²) in [6.07, 6.45) is 0.0736. The highest BCUT2D eigenvalue weighted by Gasteiger charge is 2.28. The fraction of sp³-hybridized carbons (Fsp3) is 0.160. The molecule has 1 aliphatic carbocycles. The van der Waals surface area contributed by atoms with Crippen LogP contribution in [0.4, 0.5) is 16.2 Å². The number of alkyl carbamates (subject to hydrolysis) is 1. The van der Waals surface area contributed by atoms with Crippen molar-refractivity contribution >= 4 is 17.5 Å². The molecule has 0 saturated heterocycles. The Morgan fingerprint density at radius 3 is 2.27 bits per heavy atom. The van der Waals surface area contributed by atoms with E-state index in [1.54, 1.807) is 12.1 Å². The maximum atomic E-state index is 12.1. The second-order valence-electron chi connectivity index (χ2n) is 7.15. The van der Waals surface area contributed by atoms with Gasteiger partial charge >= 0.3 is 6.09 Å². The monoisotopic (exact) mass is 397 g/mol. The maximum Gasteiger partial charge on any atom is 0.407 e. The summed E-state index contributed by atoms with van der Waals surface area (Å²) in [6.45, 7) is 0.713. The van der Waals surface area contributed by atoms with Crippen molar-refractivity contribution in [1.82, 2.24) is 5.32 Å². The molecular formula is C25H23N3O2. The third-order valence-electron chi connectivity index (χ3n) is 5.18. The lowest BCUT2D eigenvalue weighted by Crippen LogP contribution is -2.26.